The topological polar surface area (TPSA) is 63.6 Å². The minimum absolute atomic E-state index is 0.0718. The number of aliphatic hydroxyl groups is 1. The molecule has 6 rings (SSSR count). The molecule has 5 saturated carbocycles. The molecular weight excluding hydrogens is 424 g/mol. The van der Waals surface area contributed by atoms with Gasteiger partial charge in [-0.05, 0) is 91.3 Å². The molecule has 4 nitrogen and oxygen atoms in total. The number of fused-ring (bicyclic) bond motifs is 9. The van der Waals surface area contributed by atoms with Gasteiger partial charge >= 0.3 is 5.97 Å². The quantitative estimate of drug-likeness (QED) is 0.395. The third-order valence-corrected chi connectivity index (χ3v) is 13.6. The Morgan fingerprint density at radius 3 is 2.38 bits per heavy atom. The summed E-state index contributed by atoms with van der Waals surface area (Å²) in [6.07, 6.45) is 9.31. The van der Waals surface area contributed by atoms with E-state index >= 15 is 0 Å². The molecule has 0 aromatic rings. The number of carbonyl (C=O) groups excluding carboxylic acids is 2. The lowest BCUT2D eigenvalue weighted by Crippen LogP contribution is -2.66. The van der Waals surface area contributed by atoms with Crippen molar-refractivity contribution in [1.29, 1.82) is 0 Å². The van der Waals surface area contributed by atoms with Crippen molar-refractivity contribution in [2.24, 2.45) is 56.7 Å². The van der Waals surface area contributed by atoms with Crippen LogP contribution in [0.1, 0.15) is 92.4 Å². The second kappa shape index (κ2) is 6.78. The molecule has 188 valence electrons. The lowest BCUT2D eigenvalue weighted by Gasteiger charge is -2.72. The zero-order chi connectivity index (χ0) is 24.5. The Labute approximate surface area is 205 Å². The second-order valence-corrected chi connectivity index (χ2v) is 14.6. The largest absolute Gasteiger partial charge is 0.458 e. The molecule has 34 heavy (non-hydrogen) atoms. The lowest BCUT2D eigenvalue weighted by atomic mass is 9.32. The van der Waals surface area contributed by atoms with Crippen molar-refractivity contribution < 1.29 is 19.4 Å². The molecule has 1 aliphatic heterocycles. The second-order valence-electron chi connectivity index (χ2n) is 14.6. The summed E-state index contributed by atoms with van der Waals surface area (Å²) < 4.78 is 5.80. The van der Waals surface area contributed by atoms with Gasteiger partial charge in [0.15, 0.2) is 0 Å². The molecule has 0 aromatic heterocycles. The van der Waals surface area contributed by atoms with Gasteiger partial charge in [-0.2, -0.15) is 0 Å². The van der Waals surface area contributed by atoms with Crippen molar-refractivity contribution >= 4 is 11.8 Å². The molecule has 0 bridgehead atoms. The fourth-order valence-electron chi connectivity index (χ4n) is 11.7. The first-order valence-electron chi connectivity index (χ1n) is 13.9. The Kier molecular flexibility index (Phi) is 4.64. The van der Waals surface area contributed by atoms with Crippen LogP contribution in [-0.2, 0) is 14.3 Å². The maximum absolute atomic E-state index is 12.9. The standard InChI is InChI=1S/C30H44O4/c1-17-23-19(34-25(17)33)15-30(16-31)14-13-28(5)18(24(23)30)7-8-21-27(4)11-10-22(32)26(2,3)20(27)9-12-29(21,28)6/h18-21,23-24,31H,1,7-16H2,2-6H3/t18-,19+,20+,21+,23+,24-,27-,28+,29+,30-/m0/s1. The van der Waals surface area contributed by atoms with Gasteiger partial charge in [0, 0.05) is 35.3 Å². The fraction of sp³-hybridized carbons (Fsp3) is 0.867. The van der Waals surface area contributed by atoms with Crippen molar-refractivity contribution in [3.63, 3.8) is 0 Å². The summed E-state index contributed by atoms with van der Waals surface area (Å²) in [6.45, 7) is 16.5. The average Bonchev–Trinajstić information content (AvgIpc) is 3.24. The molecule has 4 heteroatoms. The predicted molar refractivity (Wildman–Crippen MR) is 131 cm³/mol. The highest BCUT2D eigenvalue weighted by molar-refractivity contribution is 5.91. The van der Waals surface area contributed by atoms with Crippen LogP contribution in [0.4, 0.5) is 0 Å². The highest BCUT2D eigenvalue weighted by Crippen LogP contribution is 2.77. The van der Waals surface area contributed by atoms with Gasteiger partial charge < -0.3 is 9.84 Å². The fourth-order valence-corrected chi connectivity index (χ4v) is 11.7. The first-order valence-corrected chi connectivity index (χ1v) is 13.9. The number of ketones is 1. The Hall–Kier alpha value is -1.16. The van der Waals surface area contributed by atoms with Crippen molar-refractivity contribution in [2.45, 2.75) is 98.5 Å². The Morgan fingerprint density at radius 1 is 0.941 bits per heavy atom. The van der Waals surface area contributed by atoms with E-state index in [0.717, 1.165) is 44.9 Å². The first-order chi connectivity index (χ1) is 15.9. The maximum Gasteiger partial charge on any atom is 0.334 e. The number of Topliss-reactive ketones (excluding diaryl/α,β-unsaturated/α-hetero) is 1. The van der Waals surface area contributed by atoms with Crippen molar-refractivity contribution in [3.8, 4) is 0 Å². The predicted octanol–water partition coefficient (Wildman–Crippen LogP) is 5.72. The molecule has 6 fully saturated rings. The number of rotatable bonds is 1. The molecule has 0 spiro atoms. The number of aliphatic hydroxyl groups excluding tert-OH is 1. The van der Waals surface area contributed by atoms with Crippen LogP contribution in [0.5, 0.6) is 0 Å². The normalized spacial score (nSPS) is 55.5. The van der Waals surface area contributed by atoms with Crippen LogP contribution < -0.4 is 0 Å². The number of hydrogen-bond donors (Lipinski definition) is 1. The maximum atomic E-state index is 12.9. The van der Waals surface area contributed by atoms with E-state index in [9.17, 15) is 14.7 Å². The number of esters is 1. The Bertz CT molecular complexity index is 967. The van der Waals surface area contributed by atoms with Crippen LogP contribution in [0.3, 0.4) is 0 Å². The van der Waals surface area contributed by atoms with Gasteiger partial charge in [0.05, 0.1) is 0 Å². The van der Waals surface area contributed by atoms with Gasteiger partial charge in [-0.25, -0.2) is 4.79 Å². The lowest BCUT2D eigenvalue weighted by molar-refractivity contribution is -0.236. The zero-order valence-corrected chi connectivity index (χ0v) is 21.9. The molecule has 5 aliphatic carbocycles. The summed E-state index contributed by atoms with van der Waals surface area (Å²) in [6, 6.07) is 0. The third kappa shape index (κ3) is 2.45. The van der Waals surface area contributed by atoms with Gasteiger partial charge in [-0.1, -0.05) is 41.2 Å². The van der Waals surface area contributed by atoms with E-state index in [1.165, 1.54) is 12.8 Å². The van der Waals surface area contributed by atoms with Gasteiger partial charge in [0.2, 0.25) is 0 Å². The van der Waals surface area contributed by atoms with Gasteiger partial charge in [-0.3, -0.25) is 4.79 Å². The van der Waals surface area contributed by atoms with Gasteiger partial charge in [0.1, 0.15) is 11.9 Å². The zero-order valence-electron chi connectivity index (χ0n) is 21.9. The Morgan fingerprint density at radius 2 is 1.68 bits per heavy atom. The Balaban J connectivity index is 1.41. The molecule has 6 aliphatic rings. The van der Waals surface area contributed by atoms with Crippen molar-refractivity contribution in [2.75, 3.05) is 6.61 Å². The summed E-state index contributed by atoms with van der Waals surface area (Å²) in [7, 11) is 0. The van der Waals surface area contributed by atoms with E-state index in [1.54, 1.807) is 0 Å². The number of carbonyl (C=O) groups is 2. The van der Waals surface area contributed by atoms with Crippen LogP contribution in [0, 0.1) is 56.7 Å². The van der Waals surface area contributed by atoms with Crippen LogP contribution in [0.25, 0.3) is 0 Å². The summed E-state index contributed by atoms with van der Waals surface area (Å²) in [4.78, 5) is 25.4. The van der Waals surface area contributed by atoms with Crippen LogP contribution in [-0.4, -0.2) is 29.6 Å². The van der Waals surface area contributed by atoms with E-state index in [0.29, 0.717) is 29.1 Å². The van der Waals surface area contributed by atoms with E-state index in [1.807, 2.05) is 0 Å². The smallest absolute Gasteiger partial charge is 0.334 e. The SMILES string of the molecule is C=C1C(=O)O[C@@H]2C[C@]3(CO)CC[C@]4(C)[C@@H](CC[C@@H]5[C@@]6(C)CCC(=O)C(C)(C)[C@H]6CC[C@]54C)[C@H]3[C@H]12. The highest BCUT2D eigenvalue weighted by atomic mass is 16.6. The number of hydrogen-bond acceptors (Lipinski definition) is 4. The third-order valence-electron chi connectivity index (χ3n) is 13.6. The summed E-state index contributed by atoms with van der Waals surface area (Å²) in [5, 5.41) is 10.7. The molecule has 10 atom stereocenters. The van der Waals surface area contributed by atoms with E-state index in [-0.39, 0.29) is 57.6 Å². The van der Waals surface area contributed by atoms with Crippen LogP contribution >= 0.6 is 0 Å². The molecule has 0 unspecified atom stereocenters. The summed E-state index contributed by atoms with van der Waals surface area (Å²) >= 11 is 0. The van der Waals surface area contributed by atoms with E-state index < -0.39 is 0 Å². The molecule has 0 amide bonds. The van der Waals surface area contributed by atoms with Crippen molar-refractivity contribution in [3.05, 3.63) is 12.2 Å². The highest BCUT2D eigenvalue weighted by Gasteiger charge is 2.73. The minimum Gasteiger partial charge on any atom is -0.458 e. The van der Waals surface area contributed by atoms with E-state index in [2.05, 4.69) is 41.2 Å². The van der Waals surface area contributed by atoms with Crippen LogP contribution in [0.2, 0.25) is 0 Å². The molecular formula is C30H44O4. The van der Waals surface area contributed by atoms with Gasteiger partial charge in [-0.15, -0.1) is 0 Å². The first kappa shape index (κ1) is 23.3. The average molecular weight is 469 g/mol. The number of ether oxygens (including phenoxy) is 1. The van der Waals surface area contributed by atoms with Gasteiger partial charge in [0.25, 0.3) is 0 Å². The summed E-state index contributed by atoms with van der Waals surface area (Å²) in [5.74, 6) is 2.18. The van der Waals surface area contributed by atoms with Crippen LogP contribution in [0.15, 0.2) is 12.2 Å². The molecule has 0 radical (unpaired) electrons. The van der Waals surface area contributed by atoms with E-state index in [4.69, 9.17) is 4.74 Å². The summed E-state index contributed by atoms with van der Waals surface area (Å²) in [5.41, 5.74) is 0.889. The molecule has 0 aromatic carbocycles. The molecule has 1 N–H and O–H groups in total. The van der Waals surface area contributed by atoms with Crippen molar-refractivity contribution in [1.82, 2.24) is 0 Å². The molecule has 1 heterocycles. The monoisotopic (exact) mass is 468 g/mol. The molecule has 1 saturated heterocycles. The minimum atomic E-state index is -0.220.